The Balaban J connectivity index is 1.94. The summed E-state index contributed by atoms with van der Waals surface area (Å²) in [5.41, 5.74) is 1.34. The lowest BCUT2D eigenvalue weighted by Gasteiger charge is -2.26. The van der Waals surface area contributed by atoms with E-state index < -0.39 is 42.5 Å². The van der Waals surface area contributed by atoms with E-state index in [1.54, 1.807) is 55.5 Å². The van der Waals surface area contributed by atoms with Crippen molar-refractivity contribution in [2.24, 2.45) is 15.2 Å². The van der Waals surface area contributed by atoms with E-state index in [9.17, 15) is 21.9 Å². The number of aliphatic hydroxyl groups excluding tert-OH is 1. The van der Waals surface area contributed by atoms with Crippen molar-refractivity contribution in [2.75, 3.05) is 27.5 Å². The molecule has 2 N–H and O–H groups in total. The van der Waals surface area contributed by atoms with Crippen LogP contribution in [0.4, 0.5) is 0 Å². The van der Waals surface area contributed by atoms with Gasteiger partial charge in [0.1, 0.15) is 21.3 Å². The lowest BCUT2D eigenvalue weighted by Crippen LogP contribution is -2.39. The zero-order valence-electron chi connectivity index (χ0n) is 23.8. The Hall–Kier alpha value is -2.96. The molecule has 43 heavy (non-hydrogen) atoms. The number of nitrogens with zero attached hydrogens (tertiary/aromatic N) is 4. The van der Waals surface area contributed by atoms with Crippen LogP contribution in [0.1, 0.15) is 30.0 Å². The first kappa shape index (κ1) is 32.9. The molecule has 0 spiro atoms. The van der Waals surface area contributed by atoms with Gasteiger partial charge >= 0.3 is 0 Å². The SMILES string of the molecule is CC[C@H](CO)NS(=O)(=O)c1ccc(I)c(C2=NCN=N2)c1S(=O)(=O)N(Cc1ccc(OC)cc1)Cc1ccc(OC)cc1. The standard InChI is InChI=1S/C28H32IN5O7S2/c1-4-21(17-35)33-42(36,37)25-14-13-24(29)26(28-30-18-31-32-28)27(25)43(38,39)34(15-19-5-9-22(40-2)10-6-19)16-20-7-11-23(41-3)12-8-20/h5-14,21,33,35H,4,15-18H2,1-3H3/t21-/m1/s1. The van der Waals surface area contributed by atoms with Gasteiger partial charge in [-0.05, 0) is 76.5 Å². The maximum Gasteiger partial charge on any atom is 0.245 e. The number of hydrogen-bond donors (Lipinski definition) is 2. The summed E-state index contributed by atoms with van der Waals surface area (Å²) in [6, 6.07) is 15.8. The van der Waals surface area contributed by atoms with Crippen LogP contribution in [0.2, 0.25) is 0 Å². The van der Waals surface area contributed by atoms with Gasteiger partial charge in [0, 0.05) is 22.7 Å². The minimum atomic E-state index is -4.58. The second kappa shape index (κ2) is 14.2. The van der Waals surface area contributed by atoms with Crippen molar-refractivity contribution in [3.8, 4) is 11.5 Å². The van der Waals surface area contributed by atoms with Crippen molar-refractivity contribution in [2.45, 2.75) is 42.3 Å². The number of amidine groups is 1. The molecule has 3 aromatic rings. The predicted octanol–water partition coefficient (Wildman–Crippen LogP) is 3.92. The van der Waals surface area contributed by atoms with Crippen LogP contribution < -0.4 is 14.2 Å². The summed E-state index contributed by atoms with van der Waals surface area (Å²) in [6.45, 7) is 1.07. The number of halogens is 1. The molecule has 1 aliphatic rings. The number of sulfonamides is 2. The fourth-order valence-corrected chi connectivity index (χ4v) is 8.93. The minimum Gasteiger partial charge on any atom is -0.497 e. The van der Waals surface area contributed by atoms with Crippen LogP contribution in [0.25, 0.3) is 0 Å². The zero-order chi connectivity index (χ0) is 31.2. The molecule has 0 unspecified atom stereocenters. The molecule has 0 aliphatic carbocycles. The summed E-state index contributed by atoms with van der Waals surface area (Å²) in [7, 11) is -5.95. The van der Waals surface area contributed by atoms with Crippen LogP contribution in [-0.4, -0.2) is 65.6 Å². The van der Waals surface area contributed by atoms with Gasteiger partial charge in [0.2, 0.25) is 20.0 Å². The molecule has 230 valence electrons. The Morgan fingerprint density at radius 3 is 1.93 bits per heavy atom. The highest BCUT2D eigenvalue weighted by atomic mass is 127. The van der Waals surface area contributed by atoms with Gasteiger partial charge in [-0.1, -0.05) is 31.2 Å². The Kier molecular flexibility index (Phi) is 10.9. The van der Waals surface area contributed by atoms with Crippen LogP contribution in [0.5, 0.6) is 11.5 Å². The summed E-state index contributed by atoms with van der Waals surface area (Å²) in [5, 5.41) is 17.6. The number of benzene rings is 3. The molecule has 1 atom stereocenters. The third kappa shape index (κ3) is 7.58. The van der Waals surface area contributed by atoms with Crippen molar-refractivity contribution in [1.29, 1.82) is 0 Å². The maximum atomic E-state index is 14.8. The van der Waals surface area contributed by atoms with Crippen LogP contribution >= 0.6 is 22.6 Å². The molecule has 0 fully saturated rings. The Bertz CT molecular complexity index is 1660. The molecule has 0 radical (unpaired) electrons. The van der Waals surface area contributed by atoms with Gasteiger partial charge in [-0.2, -0.15) is 9.42 Å². The van der Waals surface area contributed by atoms with Crippen molar-refractivity contribution < 1.29 is 31.4 Å². The second-order valence-electron chi connectivity index (χ2n) is 9.49. The highest BCUT2D eigenvalue weighted by molar-refractivity contribution is 14.1. The van der Waals surface area contributed by atoms with Gasteiger partial charge in [-0.3, -0.25) is 0 Å². The van der Waals surface area contributed by atoms with Gasteiger partial charge in [-0.15, -0.1) is 5.11 Å². The fraction of sp³-hybridized carbons (Fsp3) is 0.321. The summed E-state index contributed by atoms with van der Waals surface area (Å²) in [5.74, 6) is 1.22. The first-order chi connectivity index (χ1) is 20.5. The summed E-state index contributed by atoms with van der Waals surface area (Å²) >= 11 is 1.94. The molecule has 0 saturated heterocycles. The topological polar surface area (TPSA) is 159 Å². The molecule has 0 amide bonds. The number of hydrogen-bond acceptors (Lipinski definition) is 10. The zero-order valence-corrected chi connectivity index (χ0v) is 27.6. The number of nitrogens with one attached hydrogen (secondary N) is 1. The number of ether oxygens (including phenoxy) is 2. The van der Waals surface area contributed by atoms with E-state index in [1.165, 1.54) is 30.7 Å². The van der Waals surface area contributed by atoms with E-state index in [0.29, 0.717) is 26.2 Å². The molecule has 15 heteroatoms. The molecular formula is C28H32IN5O7S2. The van der Waals surface area contributed by atoms with E-state index in [4.69, 9.17) is 9.47 Å². The lowest BCUT2D eigenvalue weighted by atomic mass is 10.2. The number of aliphatic imine (C=N–C) groups is 1. The van der Waals surface area contributed by atoms with Crippen molar-refractivity contribution in [1.82, 2.24) is 9.03 Å². The lowest BCUT2D eigenvalue weighted by molar-refractivity contribution is 0.253. The Morgan fingerprint density at radius 2 is 1.49 bits per heavy atom. The highest BCUT2D eigenvalue weighted by Gasteiger charge is 2.37. The van der Waals surface area contributed by atoms with Gasteiger partial charge in [0.15, 0.2) is 12.5 Å². The Labute approximate surface area is 265 Å². The number of methoxy groups -OCH3 is 2. The maximum absolute atomic E-state index is 14.8. The van der Waals surface area contributed by atoms with Crippen molar-refractivity contribution >= 4 is 48.5 Å². The summed E-state index contributed by atoms with van der Waals surface area (Å²) in [4.78, 5) is 3.29. The highest BCUT2D eigenvalue weighted by Crippen LogP contribution is 2.35. The average molecular weight is 742 g/mol. The fourth-order valence-electron chi connectivity index (χ4n) is 4.33. The molecule has 4 rings (SSSR count). The van der Waals surface area contributed by atoms with E-state index in [1.807, 2.05) is 22.6 Å². The average Bonchev–Trinajstić information content (AvgIpc) is 3.54. The minimum absolute atomic E-state index is 0.00996. The molecule has 3 aromatic carbocycles. The van der Waals surface area contributed by atoms with Crippen molar-refractivity contribution in [3.05, 3.63) is 80.9 Å². The number of rotatable bonds is 14. The van der Waals surface area contributed by atoms with Crippen LogP contribution in [0.15, 0.2) is 85.7 Å². The van der Waals surface area contributed by atoms with Gasteiger partial charge in [-0.25, -0.2) is 26.6 Å². The van der Waals surface area contributed by atoms with Crippen LogP contribution in [0.3, 0.4) is 0 Å². The molecule has 1 heterocycles. The van der Waals surface area contributed by atoms with Gasteiger partial charge in [0.05, 0.1) is 26.4 Å². The van der Waals surface area contributed by atoms with Gasteiger partial charge in [0.25, 0.3) is 0 Å². The molecule has 1 aliphatic heterocycles. The van der Waals surface area contributed by atoms with E-state index in [-0.39, 0.29) is 37.6 Å². The van der Waals surface area contributed by atoms with Gasteiger partial charge < -0.3 is 14.6 Å². The monoisotopic (exact) mass is 741 g/mol. The quantitative estimate of drug-likeness (QED) is 0.237. The van der Waals surface area contributed by atoms with Crippen LogP contribution in [0, 0.1) is 3.57 Å². The smallest absolute Gasteiger partial charge is 0.245 e. The third-order valence-corrected chi connectivity index (χ3v) is 11.2. The largest absolute Gasteiger partial charge is 0.497 e. The van der Waals surface area contributed by atoms with E-state index >= 15 is 0 Å². The Morgan fingerprint density at radius 1 is 0.930 bits per heavy atom. The molecule has 0 saturated carbocycles. The predicted molar refractivity (Wildman–Crippen MR) is 169 cm³/mol. The third-order valence-electron chi connectivity index (χ3n) is 6.70. The van der Waals surface area contributed by atoms with Crippen molar-refractivity contribution in [3.63, 3.8) is 0 Å². The normalized spacial score (nSPS) is 14.1. The molecule has 0 bridgehead atoms. The van der Waals surface area contributed by atoms with E-state index in [0.717, 1.165) is 0 Å². The van der Waals surface area contributed by atoms with E-state index in [2.05, 4.69) is 19.9 Å². The number of azo groups is 1. The van der Waals surface area contributed by atoms with Crippen LogP contribution in [-0.2, 0) is 33.1 Å². The molecular weight excluding hydrogens is 709 g/mol. The summed E-state index contributed by atoms with van der Waals surface area (Å²) < 4.78 is 71.7. The first-order valence-corrected chi connectivity index (χ1v) is 17.2. The molecule has 12 nitrogen and oxygen atoms in total. The number of aliphatic hydroxyl groups is 1. The second-order valence-corrected chi connectivity index (χ2v) is 14.2. The first-order valence-electron chi connectivity index (χ1n) is 13.2. The molecule has 0 aromatic heterocycles. The summed E-state index contributed by atoms with van der Waals surface area (Å²) in [6.07, 6.45) is 0.289.